The number of hydrogen-bond acceptors (Lipinski definition) is 2. The van der Waals surface area contributed by atoms with Crippen LogP contribution in [0.2, 0.25) is 0 Å². The zero-order valence-electron chi connectivity index (χ0n) is 10.7. The van der Waals surface area contributed by atoms with Crippen LogP contribution in [0.1, 0.15) is 29.6 Å². The molecule has 0 bridgehead atoms. The Balaban J connectivity index is 1.99. The van der Waals surface area contributed by atoms with Gasteiger partial charge < -0.3 is 10.6 Å². The van der Waals surface area contributed by atoms with Gasteiger partial charge in [-0.15, -0.1) is 0 Å². The van der Waals surface area contributed by atoms with E-state index in [9.17, 15) is 9.18 Å². The molecule has 0 spiro atoms. The summed E-state index contributed by atoms with van der Waals surface area (Å²) in [6.45, 7) is 2.18. The maximum absolute atomic E-state index is 13.4. The average Bonchev–Trinajstić information content (AvgIpc) is 2.42. The smallest absolute Gasteiger partial charge is 0.253 e. The molecular weight excluding hydrogens is 311 g/mol. The summed E-state index contributed by atoms with van der Waals surface area (Å²) in [6.07, 6.45) is 3.00. The minimum Gasteiger partial charge on any atom is -0.339 e. The molecule has 5 heteroatoms. The highest BCUT2D eigenvalue weighted by molar-refractivity contribution is 9.10. The Morgan fingerprint density at radius 2 is 2.11 bits per heavy atom. The average molecular weight is 329 g/mol. The minimum absolute atomic E-state index is 0.0856. The van der Waals surface area contributed by atoms with Crippen molar-refractivity contribution in [1.29, 1.82) is 0 Å². The van der Waals surface area contributed by atoms with Crippen molar-refractivity contribution < 1.29 is 9.18 Å². The summed E-state index contributed by atoms with van der Waals surface area (Å²) < 4.78 is 13.8. The molecule has 1 aliphatic heterocycles. The third kappa shape index (κ3) is 3.54. The van der Waals surface area contributed by atoms with Crippen LogP contribution in [-0.2, 0) is 0 Å². The Morgan fingerprint density at radius 3 is 2.68 bits per heavy atom. The lowest BCUT2D eigenvalue weighted by molar-refractivity contribution is 0.0687. The zero-order valence-corrected chi connectivity index (χ0v) is 12.3. The van der Waals surface area contributed by atoms with Gasteiger partial charge in [-0.1, -0.05) is 0 Å². The highest BCUT2D eigenvalue weighted by Gasteiger charge is 2.23. The summed E-state index contributed by atoms with van der Waals surface area (Å²) in [7, 11) is 0. The third-order valence-electron chi connectivity index (χ3n) is 3.64. The van der Waals surface area contributed by atoms with Crippen LogP contribution >= 0.6 is 15.9 Å². The van der Waals surface area contributed by atoms with Crippen molar-refractivity contribution in [1.82, 2.24) is 4.90 Å². The van der Waals surface area contributed by atoms with Gasteiger partial charge in [0.25, 0.3) is 5.91 Å². The van der Waals surface area contributed by atoms with E-state index in [0.29, 0.717) is 22.5 Å². The third-order valence-corrected chi connectivity index (χ3v) is 4.29. The highest BCUT2D eigenvalue weighted by Crippen LogP contribution is 2.22. The fraction of sp³-hybridized carbons (Fsp3) is 0.500. The molecule has 1 heterocycles. The minimum atomic E-state index is -0.399. The zero-order chi connectivity index (χ0) is 13.8. The van der Waals surface area contributed by atoms with Crippen LogP contribution in [0, 0.1) is 11.7 Å². The second-order valence-corrected chi connectivity index (χ2v) is 5.80. The van der Waals surface area contributed by atoms with E-state index < -0.39 is 5.82 Å². The van der Waals surface area contributed by atoms with Crippen molar-refractivity contribution in [3.8, 4) is 0 Å². The summed E-state index contributed by atoms with van der Waals surface area (Å²) in [5.41, 5.74) is 5.96. The molecule has 19 heavy (non-hydrogen) atoms. The second-order valence-electron chi connectivity index (χ2n) is 4.94. The van der Waals surface area contributed by atoms with Gasteiger partial charge in [0.05, 0.1) is 4.47 Å². The van der Waals surface area contributed by atoms with Gasteiger partial charge in [0.15, 0.2) is 0 Å². The number of halogens is 2. The summed E-state index contributed by atoms with van der Waals surface area (Å²) in [4.78, 5) is 14.0. The monoisotopic (exact) mass is 328 g/mol. The van der Waals surface area contributed by atoms with Gasteiger partial charge in [0.2, 0.25) is 0 Å². The number of nitrogens with two attached hydrogens (primary N) is 1. The maximum Gasteiger partial charge on any atom is 0.253 e. The van der Waals surface area contributed by atoms with E-state index in [-0.39, 0.29) is 5.91 Å². The van der Waals surface area contributed by atoms with Crippen molar-refractivity contribution >= 4 is 21.8 Å². The molecule has 0 aromatic heterocycles. The lowest BCUT2D eigenvalue weighted by Gasteiger charge is -2.32. The number of nitrogens with zero attached hydrogens (tertiary/aromatic N) is 1. The van der Waals surface area contributed by atoms with Crippen LogP contribution in [0.25, 0.3) is 0 Å². The van der Waals surface area contributed by atoms with Crippen molar-refractivity contribution in [2.45, 2.75) is 19.3 Å². The first kappa shape index (κ1) is 14.5. The molecule has 2 rings (SSSR count). The van der Waals surface area contributed by atoms with E-state index in [4.69, 9.17) is 5.73 Å². The molecule has 2 N–H and O–H groups in total. The first-order chi connectivity index (χ1) is 9.11. The molecule has 3 nitrogen and oxygen atoms in total. The fourth-order valence-electron chi connectivity index (χ4n) is 2.47. The molecule has 1 aliphatic rings. The van der Waals surface area contributed by atoms with E-state index in [2.05, 4.69) is 15.9 Å². The summed E-state index contributed by atoms with van der Waals surface area (Å²) in [5.74, 6) is 0.136. The van der Waals surface area contributed by atoms with Gasteiger partial charge in [-0.05, 0) is 65.9 Å². The SMILES string of the molecule is NCCC1CCN(C(=O)c2ccc(Br)c(F)c2)CC1. The molecule has 104 valence electrons. The van der Waals surface area contributed by atoms with Gasteiger partial charge in [-0.2, -0.15) is 0 Å². The van der Waals surface area contributed by atoms with E-state index in [1.54, 1.807) is 17.0 Å². The van der Waals surface area contributed by atoms with Crippen LogP contribution < -0.4 is 5.73 Å². The van der Waals surface area contributed by atoms with E-state index in [1.807, 2.05) is 0 Å². The number of carbonyl (C=O) groups is 1. The van der Waals surface area contributed by atoms with Gasteiger partial charge in [0.1, 0.15) is 5.82 Å². The Kier molecular flexibility index (Phi) is 4.93. The number of amides is 1. The first-order valence-corrected chi connectivity index (χ1v) is 7.35. The Hall–Kier alpha value is -0.940. The summed E-state index contributed by atoms with van der Waals surface area (Å²) >= 11 is 3.09. The molecule has 1 aromatic carbocycles. The molecule has 0 radical (unpaired) electrons. The topological polar surface area (TPSA) is 46.3 Å². The van der Waals surface area contributed by atoms with Gasteiger partial charge in [-0.3, -0.25) is 4.79 Å². The fourth-order valence-corrected chi connectivity index (χ4v) is 2.72. The van der Waals surface area contributed by atoms with Crippen LogP contribution in [-0.4, -0.2) is 30.4 Å². The van der Waals surface area contributed by atoms with Gasteiger partial charge in [0, 0.05) is 18.7 Å². The molecular formula is C14H18BrFN2O. The Bertz CT molecular complexity index is 459. The summed E-state index contributed by atoms with van der Waals surface area (Å²) in [6, 6.07) is 4.52. The van der Waals surface area contributed by atoms with E-state index in [1.165, 1.54) is 6.07 Å². The van der Waals surface area contributed by atoms with Crippen molar-refractivity contribution in [2.24, 2.45) is 11.7 Å². The molecule has 0 unspecified atom stereocenters. The molecule has 0 saturated carbocycles. The molecule has 0 aliphatic carbocycles. The van der Waals surface area contributed by atoms with Gasteiger partial charge >= 0.3 is 0 Å². The van der Waals surface area contributed by atoms with E-state index in [0.717, 1.165) is 32.4 Å². The van der Waals surface area contributed by atoms with Crippen molar-refractivity contribution in [2.75, 3.05) is 19.6 Å². The van der Waals surface area contributed by atoms with Crippen LogP contribution in [0.3, 0.4) is 0 Å². The molecule has 1 fully saturated rings. The highest BCUT2D eigenvalue weighted by atomic mass is 79.9. The van der Waals surface area contributed by atoms with Crippen LogP contribution in [0.5, 0.6) is 0 Å². The number of benzene rings is 1. The Labute approximate surface area is 121 Å². The normalized spacial score (nSPS) is 16.7. The Morgan fingerprint density at radius 1 is 1.42 bits per heavy atom. The predicted molar refractivity (Wildman–Crippen MR) is 76.4 cm³/mol. The number of likely N-dealkylation sites (tertiary alicyclic amines) is 1. The first-order valence-electron chi connectivity index (χ1n) is 6.56. The summed E-state index contributed by atoms with van der Waals surface area (Å²) in [5, 5.41) is 0. The number of carbonyl (C=O) groups excluding carboxylic acids is 1. The van der Waals surface area contributed by atoms with Crippen molar-refractivity contribution in [3.05, 3.63) is 34.1 Å². The maximum atomic E-state index is 13.4. The second kappa shape index (κ2) is 6.48. The largest absolute Gasteiger partial charge is 0.339 e. The lowest BCUT2D eigenvalue weighted by atomic mass is 9.93. The van der Waals surface area contributed by atoms with Gasteiger partial charge in [-0.25, -0.2) is 4.39 Å². The van der Waals surface area contributed by atoms with E-state index >= 15 is 0 Å². The molecule has 1 amide bonds. The van der Waals surface area contributed by atoms with Crippen LogP contribution in [0.15, 0.2) is 22.7 Å². The number of hydrogen-bond donors (Lipinski definition) is 1. The quantitative estimate of drug-likeness (QED) is 0.927. The van der Waals surface area contributed by atoms with Crippen molar-refractivity contribution in [3.63, 3.8) is 0 Å². The number of piperidine rings is 1. The molecule has 1 aromatic rings. The van der Waals surface area contributed by atoms with Crippen LogP contribution in [0.4, 0.5) is 4.39 Å². The molecule has 1 saturated heterocycles. The lowest BCUT2D eigenvalue weighted by Crippen LogP contribution is -2.38. The predicted octanol–water partition coefficient (Wildman–Crippen LogP) is 2.79. The number of rotatable bonds is 3. The standard InChI is InChI=1S/C14H18BrFN2O/c15-12-2-1-11(9-13(12)16)14(19)18-7-4-10(3-6-17)5-8-18/h1-2,9-10H,3-8,17H2. The molecule has 0 atom stereocenters.